The van der Waals surface area contributed by atoms with Crippen molar-refractivity contribution in [2.75, 3.05) is 14.2 Å². The first-order chi connectivity index (χ1) is 12.0. The normalized spacial score (nSPS) is 16.6. The van der Waals surface area contributed by atoms with Gasteiger partial charge < -0.3 is 9.47 Å². The molecule has 0 radical (unpaired) electrons. The highest BCUT2D eigenvalue weighted by Crippen LogP contribution is 2.35. The van der Waals surface area contributed by atoms with Gasteiger partial charge in [-0.2, -0.15) is 5.10 Å². The van der Waals surface area contributed by atoms with Gasteiger partial charge in [-0.3, -0.25) is 4.79 Å². The molecule has 0 aliphatic carbocycles. The average Bonchev–Trinajstić information content (AvgIpc) is 3.07. The fraction of sp³-hybridized carbons (Fsp3) is 0.263. The maximum absolute atomic E-state index is 13.2. The van der Waals surface area contributed by atoms with Crippen molar-refractivity contribution in [3.05, 3.63) is 59.4 Å². The number of benzene rings is 2. The number of carbonyl (C=O) groups excluding carboxylic acids is 1. The molecule has 0 bridgehead atoms. The summed E-state index contributed by atoms with van der Waals surface area (Å²) in [7, 11) is 3.15. The van der Waals surface area contributed by atoms with E-state index >= 15 is 0 Å². The molecule has 0 spiro atoms. The second-order valence-corrected chi connectivity index (χ2v) is 5.75. The zero-order chi connectivity index (χ0) is 18.0. The fourth-order valence-electron chi connectivity index (χ4n) is 2.94. The van der Waals surface area contributed by atoms with Crippen LogP contribution in [0.25, 0.3) is 0 Å². The highest BCUT2D eigenvalue weighted by molar-refractivity contribution is 6.03. The Morgan fingerprint density at radius 3 is 2.40 bits per heavy atom. The van der Waals surface area contributed by atoms with Gasteiger partial charge in [-0.1, -0.05) is 12.1 Å². The van der Waals surface area contributed by atoms with Crippen LogP contribution in [0.2, 0.25) is 0 Å². The molecular weight excluding hydrogens is 323 g/mol. The van der Waals surface area contributed by atoms with Crippen molar-refractivity contribution < 1.29 is 18.7 Å². The van der Waals surface area contributed by atoms with Crippen LogP contribution < -0.4 is 9.47 Å². The number of amides is 1. The van der Waals surface area contributed by atoms with E-state index in [2.05, 4.69) is 5.10 Å². The number of hydrogen-bond acceptors (Lipinski definition) is 4. The summed E-state index contributed by atoms with van der Waals surface area (Å²) in [4.78, 5) is 12.0. The number of methoxy groups -OCH3 is 2. The fourth-order valence-corrected chi connectivity index (χ4v) is 2.94. The van der Waals surface area contributed by atoms with Gasteiger partial charge in [0, 0.05) is 18.9 Å². The quantitative estimate of drug-likeness (QED) is 0.854. The van der Waals surface area contributed by atoms with E-state index in [0.717, 1.165) is 16.8 Å². The molecule has 5 nitrogen and oxygen atoms in total. The minimum Gasteiger partial charge on any atom is -0.493 e. The first kappa shape index (κ1) is 17.0. The number of rotatable bonds is 4. The minimum atomic E-state index is -0.308. The Balaban J connectivity index is 1.94. The van der Waals surface area contributed by atoms with Gasteiger partial charge in [0.05, 0.1) is 26.0 Å². The second-order valence-electron chi connectivity index (χ2n) is 5.75. The van der Waals surface area contributed by atoms with E-state index < -0.39 is 0 Å². The van der Waals surface area contributed by atoms with Crippen molar-refractivity contribution in [2.45, 2.75) is 19.4 Å². The van der Waals surface area contributed by atoms with Crippen LogP contribution in [0.3, 0.4) is 0 Å². The minimum absolute atomic E-state index is 0.162. The summed E-state index contributed by atoms with van der Waals surface area (Å²) in [5.41, 5.74) is 2.47. The molecule has 0 saturated heterocycles. The van der Waals surface area contributed by atoms with Gasteiger partial charge in [0.2, 0.25) is 5.91 Å². The molecule has 2 aromatic rings. The van der Waals surface area contributed by atoms with Crippen molar-refractivity contribution in [3.8, 4) is 11.5 Å². The van der Waals surface area contributed by atoms with Crippen molar-refractivity contribution in [3.63, 3.8) is 0 Å². The highest BCUT2D eigenvalue weighted by atomic mass is 19.1. The molecule has 1 amide bonds. The molecule has 0 fully saturated rings. The Bertz CT molecular complexity index is 818. The van der Waals surface area contributed by atoms with Crippen LogP contribution >= 0.6 is 0 Å². The van der Waals surface area contributed by atoms with Gasteiger partial charge in [0.1, 0.15) is 5.82 Å². The van der Waals surface area contributed by atoms with Crippen LogP contribution in [0.5, 0.6) is 11.5 Å². The lowest BCUT2D eigenvalue weighted by Gasteiger charge is -2.20. The topological polar surface area (TPSA) is 51.1 Å². The third-order valence-corrected chi connectivity index (χ3v) is 4.20. The van der Waals surface area contributed by atoms with Crippen LogP contribution in [0, 0.1) is 5.82 Å². The summed E-state index contributed by atoms with van der Waals surface area (Å²) in [5.74, 6) is 0.757. The summed E-state index contributed by atoms with van der Waals surface area (Å²) in [6.45, 7) is 1.47. The van der Waals surface area contributed by atoms with Crippen LogP contribution in [0.4, 0.5) is 4.39 Å². The van der Waals surface area contributed by atoms with E-state index in [1.807, 2.05) is 12.1 Å². The van der Waals surface area contributed by atoms with Crippen molar-refractivity contribution in [1.29, 1.82) is 0 Å². The molecule has 1 atom stereocenters. The zero-order valence-corrected chi connectivity index (χ0v) is 14.3. The molecule has 0 N–H and O–H groups in total. The molecule has 3 rings (SSSR count). The Morgan fingerprint density at radius 2 is 1.80 bits per heavy atom. The standard InChI is InChI=1S/C19H19FN2O3/c1-12(23)22-17(13-4-7-15(20)8-5-13)11-16(21-22)14-6-9-18(24-2)19(10-14)25-3/h4-10,17H,11H2,1-3H3/t17-/m1/s1. The number of hydrogen-bond donors (Lipinski definition) is 0. The number of carbonyl (C=O) groups is 1. The molecular formula is C19H19FN2O3. The lowest BCUT2D eigenvalue weighted by Crippen LogP contribution is -2.24. The van der Waals surface area contributed by atoms with E-state index in [1.165, 1.54) is 24.1 Å². The lowest BCUT2D eigenvalue weighted by molar-refractivity contribution is -0.130. The molecule has 1 aliphatic heterocycles. The summed E-state index contributed by atoms with van der Waals surface area (Å²) < 4.78 is 23.8. The van der Waals surface area contributed by atoms with Gasteiger partial charge in [0.25, 0.3) is 0 Å². The molecule has 2 aromatic carbocycles. The maximum atomic E-state index is 13.2. The van der Waals surface area contributed by atoms with Gasteiger partial charge >= 0.3 is 0 Å². The number of nitrogens with zero attached hydrogens (tertiary/aromatic N) is 2. The van der Waals surface area contributed by atoms with Crippen LogP contribution in [0.15, 0.2) is 47.6 Å². The molecule has 1 aliphatic rings. The third-order valence-electron chi connectivity index (χ3n) is 4.20. The highest BCUT2D eigenvalue weighted by Gasteiger charge is 2.31. The summed E-state index contributed by atoms with van der Waals surface area (Å²) in [6.07, 6.45) is 0.542. The lowest BCUT2D eigenvalue weighted by atomic mass is 9.98. The van der Waals surface area contributed by atoms with Crippen LogP contribution in [-0.2, 0) is 4.79 Å². The van der Waals surface area contributed by atoms with E-state index in [4.69, 9.17) is 9.47 Å². The first-order valence-electron chi connectivity index (χ1n) is 7.88. The zero-order valence-electron chi connectivity index (χ0n) is 14.3. The largest absolute Gasteiger partial charge is 0.493 e. The molecule has 6 heteroatoms. The van der Waals surface area contributed by atoms with Crippen molar-refractivity contribution in [1.82, 2.24) is 5.01 Å². The van der Waals surface area contributed by atoms with Crippen LogP contribution in [-0.4, -0.2) is 30.8 Å². The van der Waals surface area contributed by atoms with Gasteiger partial charge in [-0.15, -0.1) is 0 Å². The summed E-state index contributed by atoms with van der Waals surface area (Å²) >= 11 is 0. The maximum Gasteiger partial charge on any atom is 0.240 e. The smallest absolute Gasteiger partial charge is 0.240 e. The molecule has 1 heterocycles. The molecule has 130 valence electrons. The Hall–Kier alpha value is -2.89. The third kappa shape index (κ3) is 3.33. The average molecular weight is 342 g/mol. The number of hydrazone groups is 1. The molecule has 0 saturated carbocycles. The summed E-state index contributed by atoms with van der Waals surface area (Å²) in [6, 6.07) is 11.4. The molecule has 25 heavy (non-hydrogen) atoms. The SMILES string of the molecule is COc1ccc(C2=NN(C(C)=O)[C@@H](c3ccc(F)cc3)C2)cc1OC. The predicted octanol–water partition coefficient (Wildman–Crippen LogP) is 3.54. The van der Waals surface area contributed by atoms with E-state index in [1.54, 1.807) is 32.4 Å². The van der Waals surface area contributed by atoms with E-state index in [-0.39, 0.29) is 17.8 Å². The number of ether oxygens (including phenoxy) is 2. The van der Waals surface area contributed by atoms with Crippen LogP contribution in [0.1, 0.15) is 30.5 Å². The van der Waals surface area contributed by atoms with E-state index in [9.17, 15) is 9.18 Å². The van der Waals surface area contributed by atoms with Gasteiger partial charge in [-0.05, 0) is 35.9 Å². The van der Waals surface area contributed by atoms with E-state index in [0.29, 0.717) is 17.9 Å². The predicted molar refractivity (Wildman–Crippen MR) is 92.4 cm³/mol. The Kier molecular flexibility index (Phi) is 4.70. The molecule has 0 unspecified atom stereocenters. The Labute approximate surface area is 145 Å². The second kappa shape index (κ2) is 6.93. The van der Waals surface area contributed by atoms with Gasteiger partial charge in [-0.25, -0.2) is 9.40 Å². The van der Waals surface area contributed by atoms with Gasteiger partial charge in [0.15, 0.2) is 11.5 Å². The summed E-state index contributed by atoms with van der Waals surface area (Å²) in [5, 5.41) is 5.92. The molecule has 0 aromatic heterocycles. The first-order valence-corrected chi connectivity index (χ1v) is 7.88. The van der Waals surface area contributed by atoms with Crippen molar-refractivity contribution >= 4 is 11.6 Å². The Morgan fingerprint density at radius 1 is 1.12 bits per heavy atom. The van der Waals surface area contributed by atoms with Crippen molar-refractivity contribution in [2.24, 2.45) is 5.10 Å². The number of halogens is 1. The monoisotopic (exact) mass is 342 g/mol.